The number of hydrogen-bond acceptors (Lipinski definition) is 4. The third-order valence-corrected chi connectivity index (χ3v) is 5.03. The standard InChI is InChI=1S/C20H14FN3S/c1-2-16-9-17(12-3-4-14(10-22)18(21)8-12)20(25-16)13-5-6-19(24)15(7-13)11-23/h2-9,11,24H,1,23H2/b15-11-,24-19?. The highest BCUT2D eigenvalue weighted by molar-refractivity contribution is 7.14. The van der Waals surface area contributed by atoms with Crippen molar-refractivity contribution in [3.8, 4) is 17.2 Å². The Morgan fingerprint density at radius 1 is 1.28 bits per heavy atom. The van der Waals surface area contributed by atoms with Gasteiger partial charge < -0.3 is 11.1 Å². The predicted octanol–water partition coefficient (Wildman–Crippen LogP) is 4.88. The molecule has 0 atom stereocenters. The second kappa shape index (κ2) is 6.71. The van der Waals surface area contributed by atoms with Gasteiger partial charge in [0.15, 0.2) is 0 Å². The van der Waals surface area contributed by atoms with Crippen molar-refractivity contribution in [1.29, 1.82) is 10.7 Å². The normalized spacial score (nSPS) is 15.1. The zero-order valence-electron chi connectivity index (χ0n) is 13.2. The van der Waals surface area contributed by atoms with Crippen LogP contribution < -0.4 is 5.73 Å². The van der Waals surface area contributed by atoms with Gasteiger partial charge >= 0.3 is 0 Å². The molecule has 0 spiro atoms. The third kappa shape index (κ3) is 3.08. The van der Waals surface area contributed by atoms with Crippen molar-refractivity contribution in [3.63, 3.8) is 0 Å². The summed E-state index contributed by atoms with van der Waals surface area (Å²) >= 11 is 1.53. The second-order valence-corrected chi connectivity index (χ2v) is 6.45. The van der Waals surface area contributed by atoms with Crippen LogP contribution in [0.5, 0.6) is 0 Å². The summed E-state index contributed by atoms with van der Waals surface area (Å²) in [6, 6.07) is 8.34. The van der Waals surface area contributed by atoms with Crippen molar-refractivity contribution < 1.29 is 4.39 Å². The molecule has 1 aromatic heterocycles. The van der Waals surface area contributed by atoms with E-state index in [9.17, 15) is 4.39 Å². The molecule has 5 heteroatoms. The van der Waals surface area contributed by atoms with Gasteiger partial charge in [0.25, 0.3) is 0 Å². The molecule has 1 aliphatic rings. The van der Waals surface area contributed by atoms with Crippen LogP contribution in [0.15, 0.2) is 60.8 Å². The molecule has 3 N–H and O–H groups in total. The third-order valence-electron chi connectivity index (χ3n) is 3.85. The van der Waals surface area contributed by atoms with E-state index in [-0.39, 0.29) is 5.56 Å². The number of benzene rings is 1. The molecule has 1 heterocycles. The molecule has 122 valence electrons. The molecule has 0 amide bonds. The van der Waals surface area contributed by atoms with Crippen LogP contribution in [0.4, 0.5) is 4.39 Å². The van der Waals surface area contributed by atoms with Crippen LogP contribution in [0.3, 0.4) is 0 Å². The molecular formula is C20H14FN3S. The molecule has 2 aromatic rings. The Bertz CT molecular complexity index is 1020. The van der Waals surface area contributed by atoms with Crippen molar-refractivity contribution in [2.24, 2.45) is 5.73 Å². The van der Waals surface area contributed by atoms with E-state index in [1.807, 2.05) is 24.3 Å². The fraction of sp³-hybridized carbons (Fsp3) is 0. The topological polar surface area (TPSA) is 73.7 Å². The van der Waals surface area contributed by atoms with Gasteiger partial charge in [-0.05, 0) is 41.5 Å². The van der Waals surface area contributed by atoms with Gasteiger partial charge in [-0.2, -0.15) is 5.26 Å². The molecule has 0 bridgehead atoms. The van der Waals surface area contributed by atoms with Gasteiger partial charge in [0.1, 0.15) is 11.9 Å². The van der Waals surface area contributed by atoms with E-state index in [0.717, 1.165) is 20.9 Å². The lowest BCUT2D eigenvalue weighted by Crippen LogP contribution is -2.02. The van der Waals surface area contributed by atoms with E-state index in [4.69, 9.17) is 16.4 Å². The maximum Gasteiger partial charge on any atom is 0.141 e. The van der Waals surface area contributed by atoms with Crippen LogP contribution >= 0.6 is 11.3 Å². The van der Waals surface area contributed by atoms with Crippen molar-refractivity contribution in [2.75, 3.05) is 0 Å². The van der Waals surface area contributed by atoms with Crippen LogP contribution in [0.2, 0.25) is 0 Å². The lowest BCUT2D eigenvalue weighted by atomic mass is 9.95. The van der Waals surface area contributed by atoms with Crippen LogP contribution in [0, 0.1) is 22.6 Å². The van der Waals surface area contributed by atoms with Crippen molar-refractivity contribution in [3.05, 3.63) is 82.0 Å². The first-order valence-corrected chi connectivity index (χ1v) is 8.26. The van der Waals surface area contributed by atoms with Crippen molar-refractivity contribution in [1.82, 2.24) is 0 Å². The number of thiophene rings is 1. The number of nitrogens with one attached hydrogen (secondary N) is 1. The summed E-state index contributed by atoms with van der Waals surface area (Å²) in [4.78, 5) is 1.88. The number of rotatable bonds is 3. The Morgan fingerprint density at radius 3 is 2.72 bits per heavy atom. The largest absolute Gasteiger partial charge is 0.404 e. The van der Waals surface area contributed by atoms with Gasteiger partial charge in [0.2, 0.25) is 0 Å². The van der Waals surface area contributed by atoms with Crippen LogP contribution in [-0.2, 0) is 0 Å². The Morgan fingerprint density at radius 2 is 2.08 bits per heavy atom. The van der Waals surface area contributed by atoms with E-state index in [1.54, 1.807) is 18.2 Å². The number of hydrogen-bond donors (Lipinski definition) is 2. The minimum absolute atomic E-state index is 0.0167. The monoisotopic (exact) mass is 347 g/mol. The quantitative estimate of drug-likeness (QED) is 0.830. The lowest BCUT2D eigenvalue weighted by molar-refractivity contribution is 0.624. The highest BCUT2D eigenvalue weighted by Gasteiger charge is 2.17. The van der Waals surface area contributed by atoms with Gasteiger partial charge in [0.05, 0.1) is 11.3 Å². The molecule has 1 aliphatic carbocycles. The van der Waals surface area contributed by atoms with Gasteiger partial charge in [0, 0.05) is 27.1 Å². The molecule has 3 rings (SSSR count). The molecule has 0 saturated heterocycles. The number of nitrogens with zero attached hydrogens (tertiary/aromatic N) is 1. The summed E-state index contributed by atoms with van der Waals surface area (Å²) in [6.07, 6.45) is 8.51. The smallest absolute Gasteiger partial charge is 0.141 e. The summed E-state index contributed by atoms with van der Waals surface area (Å²) in [5, 5.41) is 16.8. The summed E-state index contributed by atoms with van der Waals surface area (Å²) in [5.41, 5.74) is 9.01. The molecular weight excluding hydrogens is 333 g/mol. The summed E-state index contributed by atoms with van der Waals surface area (Å²) in [5.74, 6) is -0.546. The molecule has 0 saturated carbocycles. The fourth-order valence-corrected chi connectivity index (χ4v) is 3.58. The maximum atomic E-state index is 14.0. The first kappa shape index (κ1) is 16.6. The Labute approximate surface area is 149 Å². The molecule has 1 aromatic carbocycles. The minimum Gasteiger partial charge on any atom is -0.404 e. The second-order valence-electron chi connectivity index (χ2n) is 5.37. The van der Waals surface area contributed by atoms with Crippen LogP contribution in [-0.4, -0.2) is 5.71 Å². The average molecular weight is 347 g/mol. The Hall–Kier alpha value is -3.23. The molecule has 0 unspecified atom stereocenters. The Balaban J connectivity index is 2.17. The summed E-state index contributed by atoms with van der Waals surface area (Å²) in [7, 11) is 0. The highest BCUT2D eigenvalue weighted by Crippen LogP contribution is 2.39. The molecule has 0 aliphatic heterocycles. The number of allylic oxidation sites excluding steroid dienone is 5. The van der Waals surface area contributed by atoms with E-state index in [0.29, 0.717) is 16.8 Å². The molecule has 0 radical (unpaired) electrons. The predicted molar refractivity (Wildman–Crippen MR) is 102 cm³/mol. The van der Waals surface area contributed by atoms with Crippen LogP contribution in [0.25, 0.3) is 22.8 Å². The first-order chi connectivity index (χ1) is 12.1. The van der Waals surface area contributed by atoms with Gasteiger partial charge in [-0.1, -0.05) is 24.8 Å². The average Bonchev–Trinajstić information content (AvgIpc) is 3.06. The van der Waals surface area contributed by atoms with Crippen LogP contribution in [0.1, 0.15) is 15.3 Å². The van der Waals surface area contributed by atoms with E-state index >= 15 is 0 Å². The van der Waals surface area contributed by atoms with Crippen molar-refractivity contribution >= 4 is 28.7 Å². The van der Waals surface area contributed by atoms with Gasteiger partial charge in [-0.15, -0.1) is 11.3 Å². The fourth-order valence-electron chi connectivity index (χ4n) is 2.55. The van der Waals surface area contributed by atoms with E-state index < -0.39 is 5.82 Å². The lowest BCUT2D eigenvalue weighted by Gasteiger charge is -2.11. The zero-order chi connectivity index (χ0) is 18.0. The summed E-state index contributed by atoms with van der Waals surface area (Å²) < 4.78 is 14.0. The molecule has 0 fully saturated rings. The Kier molecular flexibility index (Phi) is 4.46. The highest BCUT2D eigenvalue weighted by atomic mass is 32.1. The molecule has 3 nitrogen and oxygen atoms in total. The minimum atomic E-state index is -0.546. The van der Waals surface area contributed by atoms with E-state index in [2.05, 4.69) is 6.58 Å². The molecule has 25 heavy (non-hydrogen) atoms. The van der Waals surface area contributed by atoms with E-state index in [1.165, 1.54) is 29.7 Å². The number of nitrogens with two attached hydrogens (primary N) is 1. The van der Waals surface area contributed by atoms with Gasteiger partial charge in [-0.3, -0.25) is 0 Å². The first-order valence-electron chi connectivity index (χ1n) is 7.44. The summed E-state index contributed by atoms with van der Waals surface area (Å²) in [6.45, 7) is 3.80. The maximum absolute atomic E-state index is 14.0. The van der Waals surface area contributed by atoms with Crippen molar-refractivity contribution in [2.45, 2.75) is 0 Å². The number of halogens is 1. The zero-order valence-corrected chi connectivity index (χ0v) is 14.0. The van der Waals surface area contributed by atoms with Gasteiger partial charge in [-0.25, -0.2) is 4.39 Å². The SMILES string of the molecule is C=Cc1cc(-c2ccc(C#N)c(F)c2)c(C2=C/C(=C/N)C(=N)C=C2)s1. The number of nitriles is 1.